The molecule has 0 aromatic heterocycles. The van der Waals surface area contributed by atoms with Gasteiger partial charge in [-0.2, -0.15) is 0 Å². The van der Waals surface area contributed by atoms with Crippen LogP contribution in [0, 0.1) is 0 Å². The van der Waals surface area contributed by atoms with Gasteiger partial charge in [0.1, 0.15) is 0 Å². The lowest BCUT2D eigenvalue weighted by atomic mass is 10.2. The molecule has 0 bridgehead atoms. The minimum Gasteiger partial charge on any atom is -0.290 e. The molecule has 0 N–H and O–H groups in total. The third kappa shape index (κ3) is 1.99. The molecule has 0 heterocycles. The van der Waals surface area contributed by atoms with Crippen LogP contribution < -0.4 is 0 Å². The molecule has 0 aliphatic rings. The van der Waals surface area contributed by atoms with E-state index in [9.17, 15) is 5.11 Å². The van der Waals surface area contributed by atoms with Crippen LogP contribution in [0.1, 0.15) is 9.30 Å². The van der Waals surface area contributed by atoms with Crippen molar-refractivity contribution < 1.29 is 5.11 Å². The first kappa shape index (κ1) is 8.08. The van der Waals surface area contributed by atoms with Crippen LogP contribution in [0.25, 0.3) is 0 Å². The Balaban J connectivity index is 2.96. The molecule has 1 nitrogen and oxygen atoms in total. The quantitative estimate of drug-likeness (QED) is 0.691. The first-order valence-corrected chi connectivity index (χ1v) is 4.58. The monoisotopic (exact) mass is 263 g/mol. The molecule has 1 aromatic rings. The molecule has 1 rings (SSSR count). The second kappa shape index (κ2) is 3.39. The summed E-state index contributed by atoms with van der Waals surface area (Å²) in [6.45, 7) is 0. The largest absolute Gasteiger partial charge is 0.290 e. The minimum absolute atomic E-state index is 0.0430. The third-order valence-electron chi connectivity index (χ3n) is 1.11. The highest BCUT2D eigenvalue weighted by atomic mass is 79.9. The van der Waals surface area contributed by atoms with Gasteiger partial charge in [0.25, 0.3) is 0 Å². The lowest BCUT2D eigenvalue weighted by Gasteiger charge is -1.99. The Kier molecular flexibility index (Phi) is 2.74. The van der Waals surface area contributed by atoms with E-state index in [2.05, 4.69) is 31.9 Å². The summed E-state index contributed by atoms with van der Waals surface area (Å²) in [4.78, 5) is 0. The maximum Gasteiger partial charge on any atom is 0.178 e. The van der Waals surface area contributed by atoms with Crippen molar-refractivity contribution in [3.8, 4) is 5.75 Å². The second-order valence-electron chi connectivity index (χ2n) is 1.87. The second-order valence-corrected chi connectivity index (χ2v) is 4.93. The fourth-order valence-electron chi connectivity index (χ4n) is 0.650. The molecule has 0 aliphatic heterocycles. The van der Waals surface area contributed by atoms with E-state index in [1.54, 1.807) is 12.1 Å². The molecule has 0 saturated carbocycles. The predicted octanol–water partition coefficient (Wildman–Crippen LogP) is 3.62. The average molecular weight is 265 g/mol. The molecule has 1 aromatic carbocycles. The zero-order valence-corrected chi connectivity index (χ0v) is 8.22. The first-order chi connectivity index (χ1) is 4.70. The van der Waals surface area contributed by atoms with Crippen LogP contribution in [-0.2, 0) is 5.11 Å². The summed E-state index contributed by atoms with van der Waals surface area (Å²) >= 11 is 6.59. The molecule has 0 aliphatic carbocycles. The molecule has 1 radical (unpaired) electrons. The van der Waals surface area contributed by atoms with Crippen molar-refractivity contribution in [1.82, 2.24) is 0 Å². The molecule has 0 unspecified atom stereocenters. The van der Waals surface area contributed by atoms with Gasteiger partial charge < -0.3 is 0 Å². The smallest absolute Gasteiger partial charge is 0.178 e. The Labute approximate surface area is 76.3 Å². The summed E-state index contributed by atoms with van der Waals surface area (Å²) in [5.41, 5.74) is 0.951. The van der Waals surface area contributed by atoms with E-state index < -0.39 is 0 Å². The standard InChI is InChI=1S/C7H5Br2O/c8-7(9)5-2-1-3-6(10)4-5/h1-4,7H. The number of halogens is 2. The zero-order valence-electron chi connectivity index (χ0n) is 5.05. The number of hydrogen-bond donors (Lipinski definition) is 0. The van der Waals surface area contributed by atoms with Gasteiger partial charge in [0, 0.05) is 0 Å². The van der Waals surface area contributed by atoms with Gasteiger partial charge in [0.15, 0.2) is 5.75 Å². The van der Waals surface area contributed by atoms with Gasteiger partial charge in [0.05, 0.1) is 3.74 Å². The van der Waals surface area contributed by atoms with Gasteiger partial charge in [0.2, 0.25) is 0 Å². The van der Waals surface area contributed by atoms with Crippen molar-refractivity contribution in [2.75, 3.05) is 0 Å². The van der Waals surface area contributed by atoms with Gasteiger partial charge in [-0.1, -0.05) is 44.0 Å². The SMILES string of the molecule is [O]c1cccc(C(Br)Br)c1. The van der Waals surface area contributed by atoms with Crippen molar-refractivity contribution in [2.24, 2.45) is 0 Å². The van der Waals surface area contributed by atoms with Crippen LogP contribution in [0.3, 0.4) is 0 Å². The molecule has 10 heavy (non-hydrogen) atoms. The van der Waals surface area contributed by atoms with Crippen LogP contribution in [-0.4, -0.2) is 0 Å². The number of alkyl halides is 2. The van der Waals surface area contributed by atoms with Crippen molar-refractivity contribution in [1.29, 1.82) is 0 Å². The molecule has 0 atom stereocenters. The number of rotatable bonds is 1. The molecule has 0 amide bonds. The van der Waals surface area contributed by atoms with Crippen LogP contribution >= 0.6 is 31.9 Å². The molecular weight excluding hydrogens is 260 g/mol. The van der Waals surface area contributed by atoms with Gasteiger partial charge in [-0.05, 0) is 17.7 Å². The maximum atomic E-state index is 10.8. The predicted molar refractivity (Wildman–Crippen MR) is 47.2 cm³/mol. The Morgan fingerprint density at radius 1 is 1.30 bits per heavy atom. The van der Waals surface area contributed by atoms with Crippen molar-refractivity contribution >= 4 is 31.9 Å². The van der Waals surface area contributed by atoms with Gasteiger partial charge >= 0.3 is 0 Å². The van der Waals surface area contributed by atoms with Crippen molar-refractivity contribution in [3.63, 3.8) is 0 Å². The third-order valence-corrected chi connectivity index (χ3v) is 2.17. The van der Waals surface area contributed by atoms with E-state index in [1.165, 1.54) is 6.07 Å². The highest BCUT2D eigenvalue weighted by Crippen LogP contribution is 2.30. The van der Waals surface area contributed by atoms with E-state index in [-0.39, 0.29) is 9.49 Å². The van der Waals surface area contributed by atoms with E-state index in [1.807, 2.05) is 6.07 Å². The molecule has 0 fully saturated rings. The molecule has 3 heteroatoms. The van der Waals surface area contributed by atoms with Gasteiger partial charge in [-0.15, -0.1) is 0 Å². The summed E-state index contributed by atoms with van der Waals surface area (Å²) < 4.78 is 0.0777. The summed E-state index contributed by atoms with van der Waals surface area (Å²) in [7, 11) is 0. The Morgan fingerprint density at radius 3 is 2.40 bits per heavy atom. The Bertz CT molecular complexity index is 223. The minimum atomic E-state index is 0.0430. The van der Waals surface area contributed by atoms with E-state index in [4.69, 9.17) is 0 Å². The number of hydrogen-bond acceptors (Lipinski definition) is 0. The van der Waals surface area contributed by atoms with E-state index >= 15 is 0 Å². The van der Waals surface area contributed by atoms with Crippen molar-refractivity contribution in [3.05, 3.63) is 29.8 Å². The fraction of sp³-hybridized carbons (Fsp3) is 0.143. The van der Waals surface area contributed by atoms with Crippen LogP contribution in [0.5, 0.6) is 5.75 Å². The molecule has 0 spiro atoms. The highest BCUT2D eigenvalue weighted by molar-refractivity contribution is 9.24. The van der Waals surface area contributed by atoms with Crippen LogP contribution in [0.4, 0.5) is 0 Å². The van der Waals surface area contributed by atoms with E-state index in [0.717, 1.165) is 5.56 Å². The summed E-state index contributed by atoms with van der Waals surface area (Å²) in [5, 5.41) is 10.8. The van der Waals surface area contributed by atoms with Crippen LogP contribution in [0.15, 0.2) is 24.3 Å². The highest BCUT2D eigenvalue weighted by Gasteiger charge is 2.01. The van der Waals surface area contributed by atoms with Crippen molar-refractivity contribution in [2.45, 2.75) is 3.74 Å². The summed E-state index contributed by atoms with van der Waals surface area (Å²) in [5.74, 6) is 0.0430. The lowest BCUT2D eigenvalue weighted by Crippen LogP contribution is -1.76. The zero-order chi connectivity index (χ0) is 7.56. The molecular formula is C7H5Br2O. The average Bonchev–Trinajstić information content (AvgIpc) is 1.88. The molecule has 0 saturated heterocycles. The van der Waals surface area contributed by atoms with Gasteiger partial charge in [-0.3, -0.25) is 5.11 Å². The summed E-state index contributed by atoms with van der Waals surface area (Å²) in [6, 6.07) is 6.75. The van der Waals surface area contributed by atoms with E-state index in [0.29, 0.717) is 0 Å². The van der Waals surface area contributed by atoms with Crippen LogP contribution in [0.2, 0.25) is 0 Å². The Hall–Kier alpha value is -0.0200. The topological polar surface area (TPSA) is 19.9 Å². The molecule has 53 valence electrons. The fourth-order valence-corrected chi connectivity index (χ4v) is 1.22. The first-order valence-electron chi connectivity index (χ1n) is 2.75. The lowest BCUT2D eigenvalue weighted by molar-refractivity contribution is 0.354. The number of benzene rings is 1. The maximum absolute atomic E-state index is 10.8. The summed E-state index contributed by atoms with van der Waals surface area (Å²) in [6.07, 6.45) is 0. The normalized spacial score (nSPS) is 10.3. The van der Waals surface area contributed by atoms with Gasteiger partial charge in [-0.25, -0.2) is 0 Å². The Morgan fingerprint density at radius 2 is 2.00 bits per heavy atom.